The summed E-state index contributed by atoms with van der Waals surface area (Å²) in [7, 11) is -4.38. The molecule has 0 rings (SSSR count). The van der Waals surface area contributed by atoms with Crippen molar-refractivity contribution in [2.75, 3.05) is 26.4 Å². The lowest BCUT2D eigenvalue weighted by molar-refractivity contribution is -0.161. The zero-order valence-corrected chi connectivity index (χ0v) is 33.5. The molecular weight excluding hydrogens is 665 g/mol. The number of phosphoric ester groups is 1. The molecular formula is C41H76NO8P. The van der Waals surface area contributed by atoms with Crippen molar-refractivity contribution in [2.24, 2.45) is 5.73 Å². The summed E-state index contributed by atoms with van der Waals surface area (Å²) in [6.07, 6.45) is 40.3. The Morgan fingerprint density at radius 1 is 0.588 bits per heavy atom. The number of ether oxygens (including phenoxy) is 2. The fraction of sp³-hybridized carbons (Fsp3) is 0.805. The van der Waals surface area contributed by atoms with Gasteiger partial charge in [-0.1, -0.05) is 140 Å². The topological polar surface area (TPSA) is 134 Å². The molecule has 10 heteroatoms. The Morgan fingerprint density at radius 2 is 1.04 bits per heavy atom. The molecule has 298 valence electrons. The average molecular weight is 742 g/mol. The maximum absolute atomic E-state index is 12.5. The van der Waals surface area contributed by atoms with Crippen LogP contribution in [0.2, 0.25) is 0 Å². The van der Waals surface area contributed by atoms with Crippen molar-refractivity contribution in [1.29, 1.82) is 0 Å². The first-order valence-corrected chi connectivity index (χ1v) is 22.0. The summed E-state index contributed by atoms with van der Waals surface area (Å²) in [5, 5.41) is 0. The van der Waals surface area contributed by atoms with Crippen molar-refractivity contribution >= 4 is 19.8 Å². The van der Waals surface area contributed by atoms with Gasteiger partial charge in [0, 0.05) is 19.4 Å². The zero-order chi connectivity index (χ0) is 37.5. The average Bonchev–Trinajstić information content (AvgIpc) is 3.11. The summed E-state index contributed by atoms with van der Waals surface area (Å²) in [5.74, 6) is -0.855. The number of allylic oxidation sites excluding steroid dienone is 6. The lowest BCUT2D eigenvalue weighted by atomic mass is 10.1. The number of hydrogen-bond acceptors (Lipinski definition) is 8. The van der Waals surface area contributed by atoms with Gasteiger partial charge in [0.15, 0.2) is 6.10 Å². The van der Waals surface area contributed by atoms with E-state index >= 15 is 0 Å². The van der Waals surface area contributed by atoms with E-state index in [1.165, 1.54) is 64.2 Å². The van der Waals surface area contributed by atoms with Gasteiger partial charge in [0.05, 0.1) is 13.2 Å². The maximum Gasteiger partial charge on any atom is 0.472 e. The van der Waals surface area contributed by atoms with Gasteiger partial charge in [-0.15, -0.1) is 0 Å². The molecule has 0 aromatic rings. The van der Waals surface area contributed by atoms with Crippen molar-refractivity contribution in [3.63, 3.8) is 0 Å². The summed E-state index contributed by atoms with van der Waals surface area (Å²) < 4.78 is 32.7. The molecule has 3 N–H and O–H groups in total. The largest absolute Gasteiger partial charge is 0.472 e. The Kier molecular flexibility index (Phi) is 36.7. The molecule has 0 aliphatic carbocycles. The summed E-state index contributed by atoms with van der Waals surface area (Å²) in [6.45, 7) is 3.66. The third kappa shape index (κ3) is 37.8. The number of nitrogens with two attached hydrogens (primary N) is 1. The van der Waals surface area contributed by atoms with Crippen molar-refractivity contribution in [1.82, 2.24) is 0 Å². The van der Waals surface area contributed by atoms with Gasteiger partial charge in [0.1, 0.15) is 6.61 Å². The number of hydrogen-bond donors (Lipinski definition) is 2. The van der Waals surface area contributed by atoms with Crippen molar-refractivity contribution in [3.8, 4) is 0 Å². The smallest absolute Gasteiger partial charge is 0.462 e. The Morgan fingerprint density at radius 3 is 1.57 bits per heavy atom. The fourth-order valence-electron chi connectivity index (χ4n) is 5.41. The van der Waals surface area contributed by atoms with Gasteiger partial charge in [-0.25, -0.2) is 4.57 Å². The molecule has 0 heterocycles. The predicted octanol–water partition coefficient (Wildman–Crippen LogP) is 11.4. The highest BCUT2D eigenvalue weighted by atomic mass is 31.2. The van der Waals surface area contributed by atoms with E-state index in [0.29, 0.717) is 6.42 Å². The molecule has 1 unspecified atom stereocenters. The van der Waals surface area contributed by atoms with Gasteiger partial charge in [-0.05, 0) is 64.2 Å². The van der Waals surface area contributed by atoms with E-state index in [2.05, 4.69) is 50.3 Å². The molecule has 0 aliphatic rings. The van der Waals surface area contributed by atoms with E-state index in [1.54, 1.807) is 0 Å². The third-order valence-corrected chi connectivity index (χ3v) is 9.48. The Bertz CT molecular complexity index is 939. The second-order valence-corrected chi connectivity index (χ2v) is 14.9. The molecule has 0 aliphatic heterocycles. The first-order valence-electron chi connectivity index (χ1n) is 20.5. The van der Waals surface area contributed by atoms with Crippen LogP contribution in [0.15, 0.2) is 36.5 Å². The molecule has 0 bridgehead atoms. The third-order valence-electron chi connectivity index (χ3n) is 8.50. The second-order valence-electron chi connectivity index (χ2n) is 13.5. The normalized spacial score (nSPS) is 13.7. The second kappa shape index (κ2) is 38.0. The molecule has 51 heavy (non-hydrogen) atoms. The van der Waals surface area contributed by atoms with E-state index in [1.807, 2.05) is 0 Å². The highest BCUT2D eigenvalue weighted by Crippen LogP contribution is 2.43. The van der Waals surface area contributed by atoms with Gasteiger partial charge in [0.2, 0.25) is 0 Å². The molecule has 2 atom stereocenters. The number of rotatable bonds is 38. The Balaban J connectivity index is 4.21. The number of esters is 2. The van der Waals surface area contributed by atoms with Crippen LogP contribution in [-0.2, 0) is 32.7 Å². The van der Waals surface area contributed by atoms with E-state index < -0.39 is 32.5 Å². The van der Waals surface area contributed by atoms with Crippen LogP contribution < -0.4 is 5.73 Å². The minimum atomic E-state index is -4.38. The van der Waals surface area contributed by atoms with Crippen LogP contribution in [0.5, 0.6) is 0 Å². The molecule has 0 saturated carbocycles. The monoisotopic (exact) mass is 742 g/mol. The maximum atomic E-state index is 12.5. The van der Waals surface area contributed by atoms with Crippen LogP contribution in [0.1, 0.15) is 181 Å². The first-order chi connectivity index (χ1) is 24.8. The lowest BCUT2D eigenvalue weighted by Gasteiger charge is -2.19. The number of phosphoric acid groups is 1. The highest BCUT2D eigenvalue weighted by molar-refractivity contribution is 7.47. The fourth-order valence-corrected chi connectivity index (χ4v) is 6.17. The summed E-state index contributed by atoms with van der Waals surface area (Å²) in [4.78, 5) is 34.8. The zero-order valence-electron chi connectivity index (χ0n) is 32.6. The predicted molar refractivity (Wildman–Crippen MR) is 210 cm³/mol. The molecule has 0 spiro atoms. The van der Waals surface area contributed by atoms with Crippen LogP contribution in [0.4, 0.5) is 0 Å². The van der Waals surface area contributed by atoms with Crippen LogP contribution in [-0.4, -0.2) is 49.3 Å². The van der Waals surface area contributed by atoms with Crippen molar-refractivity contribution < 1.29 is 37.6 Å². The van der Waals surface area contributed by atoms with E-state index in [0.717, 1.165) is 83.5 Å². The molecule has 0 aromatic carbocycles. The molecule has 0 saturated heterocycles. The Labute approximate surface area is 312 Å². The molecule has 0 amide bonds. The van der Waals surface area contributed by atoms with Gasteiger partial charge in [0.25, 0.3) is 0 Å². The minimum Gasteiger partial charge on any atom is -0.462 e. The van der Waals surface area contributed by atoms with Crippen LogP contribution in [0, 0.1) is 0 Å². The minimum absolute atomic E-state index is 0.0494. The van der Waals surface area contributed by atoms with Crippen molar-refractivity contribution in [2.45, 2.75) is 187 Å². The summed E-state index contributed by atoms with van der Waals surface area (Å²) >= 11 is 0. The van der Waals surface area contributed by atoms with Crippen LogP contribution in [0.25, 0.3) is 0 Å². The number of carbonyl (C=O) groups excluding carboxylic acids is 2. The standard InChI is InChI=1S/C41H76NO8P/c1-3-5-7-9-11-13-15-17-19-20-22-23-25-27-29-31-33-40(43)47-37-39(38-49-51(45,46)48-36-35-42)50-41(44)34-32-30-28-26-24-21-18-16-14-12-10-8-6-4-2/h10,12,16,18-20,39H,3-9,11,13-15,17,21-38,42H2,1-2H3,(H,45,46)/b12-10-,18-16-,20-19-/t39-/m1/s1. The number of carbonyl (C=O) groups is 2. The van der Waals surface area contributed by atoms with Crippen LogP contribution >= 0.6 is 7.82 Å². The van der Waals surface area contributed by atoms with Gasteiger partial charge < -0.3 is 20.1 Å². The molecule has 0 aromatic heterocycles. The highest BCUT2D eigenvalue weighted by Gasteiger charge is 2.25. The summed E-state index contributed by atoms with van der Waals surface area (Å²) in [6, 6.07) is 0. The quantitative estimate of drug-likeness (QED) is 0.0274. The molecule has 0 radical (unpaired) electrons. The SMILES string of the molecule is CCCC/C=C\C/C=C\CCCCCCCC(=O)O[C@H](COC(=O)CCCCCCC/C=C\CCCCCCCCC)COP(=O)(O)OCCN. The lowest BCUT2D eigenvalue weighted by Crippen LogP contribution is -2.29. The summed E-state index contributed by atoms with van der Waals surface area (Å²) in [5.41, 5.74) is 5.34. The van der Waals surface area contributed by atoms with E-state index in [4.69, 9.17) is 24.3 Å². The first kappa shape index (κ1) is 49.2. The molecule has 0 fully saturated rings. The Hall–Kier alpha value is -1.77. The van der Waals surface area contributed by atoms with Crippen LogP contribution in [0.3, 0.4) is 0 Å². The van der Waals surface area contributed by atoms with Crippen molar-refractivity contribution in [3.05, 3.63) is 36.5 Å². The molecule has 9 nitrogen and oxygen atoms in total. The van der Waals surface area contributed by atoms with Gasteiger partial charge in [-0.3, -0.25) is 18.6 Å². The van der Waals surface area contributed by atoms with Gasteiger partial charge >= 0.3 is 19.8 Å². The van der Waals surface area contributed by atoms with E-state index in [-0.39, 0.29) is 32.6 Å². The van der Waals surface area contributed by atoms with E-state index in [9.17, 15) is 19.0 Å². The van der Waals surface area contributed by atoms with Gasteiger partial charge in [-0.2, -0.15) is 0 Å². The number of unbranched alkanes of at least 4 members (excludes halogenated alkanes) is 19.